The number of nitrogens with two attached hydrogens (primary N) is 1. The number of hydroxylamine groups is 2. The minimum atomic E-state index is -0.914. The number of hydrogen-bond donors (Lipinski definition) is 2. The van der Waals surface area contributed by atoms with Gasteiger partial charge in [0.2, 0.25) is 0 Å². The molecule has 0 bridgehead atoms. The average Bonchev–Trinajstić information content (AvgIpc) is 3.06. The molecule has 1 aliphatic rings. The van der Waals surface area contributed by atoms with Gasteiger partial charge in [-0.1, -0.05) is 23.9 Å². The molecule has 2 amide bonds. The molecule has 3 N–H and O–H groups in total. The molecular formula is C18H16F2N2O2S. The third-order valence-corrected chi connectivity index (χ3v) is 5.04. The van der Waals surface area contributed by atoms with E-state index in [0.29, 0.717) is 22.8 Å². The maximum Gasteiger partial charge on any atom is 0.339 e. The number of allylic oxidation sites excluding steroid dienone is 1. The van der Waals surface area contributed by atoms with Gasteiger partial charge in [0.1, 0.15) is 11.6 Å². The Balaban J connectivity index is 1.90. The summed E-state index contributed by atoms with van der Waals surface area (Å²) in [7, 11) is 0. The van der Waals surface area contributed by atoms with Gasteiger partial charge in [-0.3, -0.25) is 5.21 Å². The molecule has 1 atom stereocenters. The van der Waals surface area contributed by atoms with E-state index in [4.69, 9.17) is 5.73 Å². The molecule has 0 saturated heterocycles. The largest absolute Gasteiger partial charge is 0.350 e. The second-order valence-corrected chi connectivity index (χ2v) is 6.79. The van der Waals surface area contributed by atoms with Gasteiger partial charge in [-0.05, 0) is 60.4 Å². The first kappa shape index (κ1) is 17.4. The Morgan fingerprint density at radius 3 is 2.52 bits per heavy atom. The zero-order chi connectivity index (χ0) is 18.0. The van der Waals surface area contributed by atoms with Crippen LogP contribution in [0.2, 0.25) is 0 Å². The molecule has 3 rings (SSSR count). The van der Waals surface area contributed by atoms with Gasteiger partial charge in [0.05, 0.1) is 6.04 Å². The fraction of sp³-hybridized carbons (Fsp3) is 0.167. The molecule has 0 spiro atoms. The lowest BCUT2D eigenvalue weighted by molar-refractivity contribution is -0.0608. The van der Waals surface area contributed by atoms with Crippen LogP contribution in [-0.4, -0.2) is 22.3 Å². The van der Waals surface area contributed by atoms with Gasteiger partial charge < -0.3 is 5.73 Å². The summed E-state index contributed by atoms with van der Waals surface area (Å²) >= 11 is 1.32. The SMILES string of the molecule is NC(=O)N(O)C1C=C(c2ccc(F)cc2Sc2ccc(F)cc2)CC1. The van der Waals surface area contributed by atoms with E-state index in [1.54, 1.807) is 24.3 Å². The van der Waals surface area contributed by atoms with Crippen molar-refractivity contribution in [2.24, 2.45) is 5.73 Å². The predicted octanol–water partition coefficient (Wildman–Crippen LogP) is 4.43. The lowest BCUT2D eigenvalue weighted by atomic mass is 10.1. The number of hydrogen-bond acceptors (Lipinski definition) is 3. The normalized spacial score (nSPS) is 16.6. The molecule has 2 aromatic carbocycles. The van der Waals surface area contributed by atoms with Crippen LogP contribution in [-0.2, 0) is 0 Å². The molecule has 1 aliphatic carbocycles. The highest BCUT2D eigenvalue weighted by atomic mass is 32.2. The molecular weight excluding hydrogens is 346 g/mol. The summed E-state index contributed by atoms with van der Waals surface area (Å²) in [4.78, 5) is 12.6. The summed E-state index contributed by atoms with van der Waals surface area (Å²) in [5, 5.41) is 10.2. The Morgan fingerprint density at radius 2 is 1.84 bits per heavy atom. The van der Waals surface area contributed by atoms with Crippen molar-refractivity contribution in [3.8, 4) is 0 Å². The van der Waals surface area contributed by atoms with Crippen molar-refractivity contribution in [3.05, 3.63) is 65.7 Å². The van der Waals surface area contributed by atoms with Gasteiger partial charge in [0.15, 0.2) is 0 Å². The minimum Gasteiger partial charge on any atom is -0.350 e. The van der Waals surface area contributed by atoms with E-state index in [1.165, 1.54) is 36.0 Å². The van der Waals surface area contributed by atoms with Gasteiger partial charge in [0.25, 0.3) is 0 Å². The van der Waals surface area contributed by atoms with Gasteiger partial charge in [-0.2, -0.15) is 5.06 Å². The molecule has 2 aromatic rings. The van der Waals surface area contributed by atoms with Crippen LogP contribution in [0.1, 0.15) is 18.4 Å². The number of rotatable bonds is 4. The van der Waals surface area contributed by atoms with Gasteiger partial charge >= 0.3 is 6.03 Å². The molecule has 0 heterocycles. The summed E-state index contributed by atoms with van der Waals surface area (Å²) in [5.74, 6) is -0.705. The Labute approximate surface area is 147 Å². The summed E-state index contributed by atoms with van der Waals surface area (Å²) in [6, 6.07) is 8.99. The highest BCUT2D eigenvalue weighted by Gasteiger charge is 2.25. The molecule has 1 unspecified atom stereocenters. The van der Waals surface area contributed by atoms with Crippen LogP contribution in [0.5, 0.6) is 0 Å². The van der Waals surface area contributed by atoms with Gasteiger partial charge in [0, 0.05) is 9.79 Å². The first-order chi connectivity index (χ1) is 11.9. The third kappa shape index (κ3) is 4.00. The standard InChI is InChI=1S/C18H16F2N2O2S/c19-12-2-6-15(7-3-12)25-17-10-13(20)4-8-16(17)11-1-5-14(9-11)22(24)18(21)23/h2-4,6-10,14,24H,1,5H2,(H2,21,23). The van der Waals surface area contributed by atoms with Crippen molar-refractivity contribution in [2.45, 2.75) is 28.7 Å². The van der Waals surface area contributed by atoms with Crippen molar-refractivity contribution in [1.82, 2.24) is 5.06 Å². The van der Waals surface area contributed by atoms with Gasteiger partial charge in [-0.25, -0.2) is 13.6 Å². The number of carbonyl (C=O) groups is 1. The topological polar surface area (TPSA) is 66.6 Å². The molecule has 0 fully saturated rings. The zero-order valence-electron chi connectivity index (χ0n) is 13.2. The first-order valence-electron chi connectivity index (χ1n) is 7.65. The highest BCUT2D eigenvalue weighted by molar-refractivity contribution is 7.99. The molecule has 7 heteroatoms. The second-order valence-electron chi connectivity index (χ2n) is 5.68. The summed E-state index contributed by atoms with van der Waals surface area (Å²) in [5.41, 5.74) is 6.80. The number of nitrogens with zero attached hydrogens (tertiary/aromatic N) is 1. The lowest BCUT2D eigenvalue weighted by Gasteiger charge is -2.17. The van der Waals surface area contributed by atoms with Crippen LogP contribution in [0.3, 0.4) is 0 Å². The van der Waals surface area contributed by atoms with E-state index in [0.717, 1.165) is 16.0 Å². The first-order valence-corrected chi connectivity index (χ1v) is 8.47. The number of primary amides is 1. The van der Waals surface area contributed by atoms with E-state index in [1.807, 2.05) is 0 Å². The molecule has 25 heavy (non-hydrogen) atoms. The number of carbonyl (C=O) groups excluding carboxylic acids is 1. The molecule has 0 aromatic heterocycles. The van der Waals surface area contributed by atoms with Crippen LogP contribution in [0, 0.1) is 11.6 Å². The van der Waals surface area contributed by atoms with Crippen molar-refractivity contribution in [3.63, 3.8) is 0 Å². The van der Waals surface area contributed by atoms with Gasteiger partial charge in [-0.15, -0.1) is 0 Å². The Morgan fingerprint density at radius 1 is 1.16 bits per heavy atom. The minimum absolute atomic E-state index is 0.334. The van der Waals surface area contributed by atoms with Crippen LogP contribution >= 0.6 is 11.8 Å². The molecule has 0 radical (unpaired) electrons. The van der Waals surface area contributed by atoms with Crippen molar-refractivity contribution in [1.29, 1.82) is 0 Å². The van der Waals surface area contributed by atoms with Crippen molar-refractivity contribution in [2.75, 3.05) is 0 Å². The lowest BCUT2D eigenvalue weighted by Crippen LogP contribution is -2.39. The van der Waals surface area contributed by atoms with E-state index in [2.05, 4.69) is 0 Å². The Kier molecular flexibility index (Phi) is 5.06. The third-order valence-electron chi connectivity index (χ3n) is 3.97. The molecule has 130 valence electrons. The Bertz CT molecular complexity index is 824. The fourth-order valence-corrected chi connectivity index (χ4v) is 3.77. The molecule has 0 saturated carbocycles. The van der Waals surface area contributed by atoms with E-state index in [-0.39, 0.29) is 11.6 Å². The van der Waals surface area contributed by atoms with Crippen LogP contribution < -0.4 is 5.73 Å². The smallest absolute Gasteiger partial charge is 0.339 e. The predicted molar refractivity (Wildman–Crippen MR) is 91.1 cm³/mol. The van der Waals surface area contributed by atoms with Crippen LogP contribution in [0.25, 0.3) is 5.57 Å². The second kappa shape index (κ2) is 7.25. The van der Waals surface area contributed by atoms with E-state index >= 15 is 0 Å². The van der Waals surface area contributed by atoms with E-state index in [9.17, 15) is 18.8 Å². The van der Waals surface area contributed by atoms with Crippen molar-refractivity contribution >= 4 is 23.4 Å². The monoisotopic (exact) mass is 362 g/mol. The number of benzene rings is 2. The highest BCUT2D eigenvalue weighted by Crippen LogP contribution is 2.38. The number of urea groups is 1. The quantitative estimate of drug-likeness (QED) is 0.624. The number of halogens is 2. The molecule has 4 nitrogen and oxygen atoms in total. The fourth-order valence-electron chi connectivity index (χ4n) is 2.76. The van der Waals surface area contributed by atoms with E-state index < -0.39 is 12.1 Å². The van der Waals surface area contributed by atoms with Crippen LogP contribution in [0.15, 0.2) is 58.3 Å². The summed E-state index contributed by atoms with van der Waals surface area (Å²) < 4.78 is 26.8. The Hall–Kier alpha value is -2.38. The zero-order valence-corrected chi connectivity index (χ0v) is 14.0. The summed E-state index contributed by atoms with van der Waals surface area (Å²) in [6.45, 7) is 0. The maximum absolute atomic E-state index is 13.7. The molecule has 0 aliphatic heterocycles. The van der Waals surface area contributed by atoms with Crippen LogP contribution in [0.4, 0.5) is 13.6 Å². The van der Waals surface area contributed by atoms with Crippen molar-refractivity contribution < 1.29 is 18.8 Å². The maximum atomic E-state index is 13.7. The number of amides is 2. The average molecular weight is 362 g/mol. The summed E-state index contributed by atoms with van der Waals surface area (Å²) in [6.07, 6.45) is 2.91.